The third-order valence-corrected chi connectivity index (χ3v) is 4.06. The summed E-state index contributed by atoms with van der Waals surface area (Å²) in [5.74, 6) is -0.301. The number of ether oxygens (including phenoxy) is 1. The molecule has 22 heavy (non-hydrogen) atoms. The molecule has 0 aromatic heterocycles. The van der Waals surface area contributed by atoms with Crippen molar-refractivity contribution in [2.45, 2.75) is 26.5 Å². The molecular weight excluding hydrogens is 278 g/mol. The third-order valence-electron chi connectivity index (χ3n) is 4.06. The first kappa shape index (κ1) is 16.9. The number of hydrogen-bond acceptors (Lipinski definition) is 4. The van der Waals surface area contributed by atoms with Gasteiger partial charge in [0.15, 0.2) is 0 Å². The van der Waals surface area contributed by atoms with E-state index in [1.807, 2.05) is 11.9 Å². The van der Waals surface area contributed by atoms with Crippen LogP contribution in [0.2, 0.25) is 0 Å². The van der Waals surface area contributed by atoms with Gasteiger partial charge in [-0.15, -0.1) is 0 Å². The maximum atomic E-state index is 11.0. The summed E-state index contributed by atoms with van der Waals surface area (Å²) in [6, 6.07) is 6.61. The maximum absolute atomic E-state index is 11.0. The van der Waals surface area contributed by atoms with E-state index >= 15 is 0 Å². The predicted molar refractivity (Wildman–Crippen MR) is 87.6 cm³/mol. The van der Waals surface area contributed by atoms with E-state index in [0.717, 1.165) is 32.8 Å². The average molecular weight is 305 g/mol. The van der Waals surface area contributed by atoms with Crippen molar-refractivity contribution in [3.05, 3.63) is 34.9 Å². The molecule has 1 aliphatic heterocycles. The van der Waals surface area contributed by atoms with E-state index in [-0.39, 0.29) is 18.6 Å². The molecule has 1 aromatic carbocycles. The average Bonchev–Trinajstić information content (AvgIpc) is 2.41. The number of primary amides is 1. The molecule has 0 aliphatic carbocycles. The van der Waals surface area contributed by atoms with E-state index in [1.54, 1.807) is 0 Å². The zero-order valence-corrected chi connectivity index (χ0v) is 13.8. The van der Waals surface area contributed by atoms with Crippen molar-refractivity contribution < 1.29 is 9.53 Å². The number of benzene rings is 1. The van der Waals surface area contributed by atoms with Crippen LogP contribution in [-0.4, -0.2) is 61.6 Å². The molecule has 1 amide bonds. The Morgan fingerprint density at radius 3 is 2.91 bits per heavy atom. The Morgan fingerprint density at radius 2 is 2.23 bits per heavy atom. The molecular formula is C17H27N3O2. The number of rotatable bonds is 6. The quantitative estimate of drug-likeness (QED) is 0.849. The second kappa shape index (κ2) is 7.72. The van der Waals surface area contributed by atoms with Crippen LogP contribution in [0.3, 0.4) is 0 Å². The summed E-state index contributed by atoms with van der Waals surface area (Å²) in [7, 11) is 1.90. The first-order chi connectivity index (χ1) is 10.4. The first-order valence-electron chi connectivity index (χ1n) is 7.81. The zero-order valence-electron chi connectivity index (χ0n) is 13.8. The minimum atomic E-state index is -0.301. The Kier molecular flexibility index (Phi) is 5.94. The van der Waals surface area contributed by atoms with Gasteiger partial charge in [0.1, 0.15) is 0 Å². The fraction of sp³-hybridized carbons (Fsp3) is 0.588. The molecule has 5 heteroatoms. The third kappa shape index (κ3) is 5.09. The van der Waals surface area contributed by atoms with Gasteiger partial charge < -0.3 is 10.5 Å². The zero-order chi connectivity index (χ0) is 16.1. The normalized spacial score (nSPS) is 19.5. The van der Waals surface area contributed by atoms with E-state index in [4.69, 9.17) is 10.5 Å². The van der Waals surface area contributed by atoms with Crippen molar-refractivity contribution in [2.75, 3.05) is 39.8 Å². The highest BCUT2D eigenvalue weighted by atomic mass is 16.5. The summed E-state index contributed by atoms with van der Waals surface area (Å²) in [5, 5.41) is 0. The van der Waals surface area contributed by atoms with Crippen LogP contribution in [0.5, 0.6) is 0 Å². The number of nitrogens with zero attached hydrogens (tertiary/aromatic N) is 2. The van der Waals surface area contributed by atoms with E-state index in [0.29, 0.717) is 0 Å². The van der Waals surface area contributed by atoms with Gasteiger partial charge in [0, 0.05) is 26.2 Å². The van der Waals surface area contributed by atoms with Crippen LogP contribution in [0.25, 0.3) is 0 Å². The molecule has 2 N–H and O–H groups in total. The summed E-state index contributed by atoms with van der Waals surface area (Å²) >= 11 is 0. The molecule has 0 unspecified atom stereocenters. The van der Waals surface area contributed by atoms with E-state index < -0.39 is 0 Å². The number of hydrogen-bond donors (Lipinski definition) is 1. The molecule has 2 rings (SSSR count). The second-order valence-electron chi connectivity index (χ2n) is 6.32. The fourth-order valence-corrected chi connectivity index (χ4v) is 2.98. The van der Waals surface area contributed by atoms with Gasteiger partial charge >= 0.3 is 0 Å². The molecule has 1 aromatic rings. The van der Waals surface area contributed by atoms with E-state index in [2.05, 4.69) is 36.9 Å². The second-order valence-corrected chi connectivity index (χ2v) is 6.32. The van der Waals surface area contributed by atoms with Gasteiger partial charge in [-0.05, 0) is 32.0 Å². The van der Waals surface area contributed by atoms with Crippen molar-refractivity contribution in [1.82, 2.24) is 9.80 Å². The van der Waals surface area contributed by atoms with Crippen molar-refractivity contribution in [3.8, 4) is 0 Å². The Bertz CT molecular complexity index is 519. The lowest BCUT2D eigenvalue weighted by atomic mass is 10.0. The van der Waals surface area contributed by atoms with Gasteiger partial charge in [0.25, 0.3) is 0 Å². The van der Waals surface area contributed by atoms with Gasteiger partial charge in [-0.1, -0.05) is 23.8 Å². The number of likely N-dealkylation sites (N-methyl/N-ethyl adjacent to an activating group) is 1. The molecule has 1 heterocycles. The molecule has 0 saturated carbocycles. The molecule has 1 atom stereocenters. The number of morpholine rings is 1. The minimum Gasteiger partial charge on any atom is -0.374 e. The number of carbonyl (C=O) groups excluding carboxylic acids is 1. The summed E-state index contributed by atoms with van der Waals surface area (Å²) < 4.78 is 5.81. The van der Waals surface area contributed by atoms with Crippen LogP contribution in [0.1, 0.15) is 16.7 Å². The smallest absolute Gasteiger partial charge is 0.231 e. The number of aryl methyl sites for hydroxylation is 2. The largest absolute Gasteiger partial charge is 0.374 e. The Balaban J connectivity index is 1.89. The van der Waals surface area contributed by atoms with Gasteiger partial charge in [-0.2, -0.15) is 0 Å². The molecule has 1 fully saturated rings. The molecule has 0 bridgehead atoms. The van der Waals surface area contributed by atoms with Crippen LogP contribution < -0.4 is 5.73 Å². The van der Waals surface area contributed by atoms with Crippen LogP contribution >= 0.6 is 0 Å². The maximum Gasteiger partial charge on any atom is 0.231 e. The Labute approximate surface area is 133 Å². The number of amides is 1. The Hall–Kier alpha value is -1.43. The Morgan fingerprint density at radius 1 is 1.45 bits per heavy atom. The predicted octanol–water partition coefficient (Wildman–Crippen LogP) is 0.921. The summed E-state index contributed by atoms with van der Waals surface area (Å²) in [6.45, 7) is 8.81. The van der Waals surface area contributed by atoms with Gasteiger partial charge in [0.05, 0.1) is 19.3 Å². The SMILES string of the molecule is Cc1ccc(CN2CCO[C@@H](CN(C)CC(N)=O)C2)c(C)c1. The molecule has 5 nitrogen and oxygen atoms in total. The summed E-state index contributed by atoms with van der Waals surface area (Å²) in [6.07, 6.45) is 0.129. The lowest BCUT2D eigenvalue weighted by Crippen LogP contribution is -2.47. The standard InChI is InChI=1S/C17H27N3O2/c1-13-4-5-15(14(2)8-13)9-20-6-7-22-16(11-20)10-19(3)12-17(18)21/h4-5,8,16H,6-7,9-12H2,1-3H3,(H2,18,21)/t16-/m0/s1. The van der Waals surface area contributed by atoms with Crippen molar-refractivity contribution in [3.63, 3.8) is 0 Å². The monoisotopic (exact) mass is 305 g/mol. The van der Waals surface area contributed by atoms with Crippen molar-refractivity contribution in [1.29, 1.82) is 0 Å². The number of carbonyl (C=O) groups is 1. The highest BCUT2D eigenvalue weighted by Gasteiger charge is 2.22. The van der Waals surface area contributed by atoms with Crippen molar-refractivity contribution >= 4 is 5.91 Å². The van der Waals surface area contributed by atoms with E-state index in [9.17, 15) is 4.79 Å². The lowest BCUT2D eigenvalue weighted by molar-refractivity contribution is -0.119. The summed E-state index contributed by atoms with van der Waals surface area (Å²) in [4.78, 5) is 15.3. The fourth-order valence-electron chi connectivity index (χ4n) is 2.98. The molecule has 0 radical (unpaired) electrons. The highest BCUT2D eigenvalue weighted by Crippen LogP contribution is 2.15. The topological polar surface area (TPSA) is 58.8 Å². The van der Waals surface area contributed by atoms with E-state index in [1.165, 1.54) is 16.7 Å². The molecule has 1 aliphatic rings. The van der Waals surface area contributed by atoms with Gasteiger partial charge in [-0.25, -0.2) is 0 Å². The minimum absolute atomic E-state index is 0.129. The van der Waals surface area contributed by atoms with Crippen LogP contribution in [-0.2, 0) is 16.1 Å². The highest BCUT2D eigenvalue weighted by molar-refractivity contribution is 5.75. The molecule has 0 spiro atoms. The van der Waals surface area contributed by atoms with Gasteiger partial charge in [-0.3, -0.25) is 14.6 Å². The molecule has 122 valence electrons. The van der Waals surface area contributed by atoms with Crippen LogP contribution in [0, 0.1) is 13.8 Å². The van der Waals surface area contributed by atoms with Crippen LogP contribution in [0.4, 0.5) is 0 Å². The number of nitrogens with two attached hydrogens (primary N) is 1. The molecule has 1 saturated heterocycles. The first-order valence-corrected chi connectivity index (χ1v) is 7.81. The van der Waals surface area contributed by atoms with Crippen LogP contribution in [0.15, 0.2) is 18.2 Å². The summed E-state index contributed by atoms with van der Waals surface area (Å²) in [5.41, 5.74) is 9.24. The van der Waals surface area contributed by atoms with Crippen molar-refractivity contribution in [2.24, 2.45) is 5.73 Å². The van der Waals surface area contributed by atoms with Gasteiger partial charge in [0.2, 0.25) is 5.91 Å². The lowest BCUT2D eigenvalue weighted by Gasteiger charge is -2.35.